The molecule has 0 aliphatic carbocycles. The highest BCUT2D eigenvalue weighted by molar-refractivity contribution is 14.1. The second-order valence-electron chi connectivity index (χ2n) is 4.44. The molecule has 0 bridgehead atoms. The molecule has 0 aliphatic heterocycles. The predicted molar refractivity (Wildman–Crippen MR) is 81.9 cm³/mol. The van der Waals surface area contributed by atoms with E-state index in [9.17, 15) is 9.59 Å². The van der Waals surface area contributed by atoms with E-state index in [2.05, 4.69) is 27.9 Å². The molecule has 1 amide bonds. The van der Waals surface area contributed by atoms with Crippen LogP contribution >= 0.6 is 22.6 Å². The number of rotatable bonds is 5. The molecule has 1 aromatic carbocycles. The first-order chi connectivity index (χ1) is 9.42. The van der Waals surface area contributed by atoms with Crippen LogP contribution in [-0.4, -0.2) is 24.5 Å². The molecule has 1 aromatic rings. The Morgan fingerprint density at radius 3 is 2.50 bits per heavy atom. The first kappa shape index (κ1) is 16.4. The summed E-state index contributed by atoms with van der Waals surface area (Å²) in [6, 6.07) is 8.93. The van der Waals surface area contributed by atoms with Gasteiger partial charge < -0.3 is 10.1 Å². The van der Waals surface area contributed by atoms with Gasteiger partial charge in [0.1, 0.15) is 5.54 Å². The molecule has 5 nitrogen and oxygen atoms in total. The lowest BCUT2D eigenvalue weighted by atomic mass is 9.95. The highest BCUT2D eigenvalue weighted by Crippen LogP contribution is 2.16. The zero-order valence-electron chi connectivity index (χ0n) is 11.3. The second-order valence-corrected chi connectivity index (χ2v) is 5.69. The average Bonchev–Trinajstić information content (AvgIpc) is 2.44. The number of hydrogen-bond donors (Lipinski definition) is 1. The third-order valence-electron chi connectivity index (χ3n) is 2.87. The van der Waals surface area contributed by atoms with E-state index in [1.54, 1.807) is 31.2 Å². The summed E-state index contributed by atoms with van der Waals surface area (Å²) in [5, 5.41) is 11.3. The Hall–Kier alpha value is -1.62. The monoisotopic (exact) mass is 386 g/mol. The third kappa shape index (κ3) is 4.20. The molecule has 0 radical (unpaired) electrons. The van der Waals surface area contributed by atoms with E-state index in [0.717, 1.165) is 3.57 Å². The molecule has 0 heterocycles. The largest absolute Gasteiger partial charge is 0.467 e. The normalized spacial score (nSPS) is 12.9. The van der Waals surface area contributed by atoms with Gasteiger partial charge >= 0.3 is 5.97 Å². The SMILES string of the molecule is COC(=O)C(C)(CCC#N)NC(=O)c1ccc(I)cc1. The summed E-state index contributed by atoms with van der Waals surface area (Å²) in [6.07, 6.45) is 0.352. The van der Waals surface area contributed by atoms with Gasteiger partial charge in [-0.3, -0.25) is 4.79 Å². The molecule has 0 spiro atoms. The minimum atomic E-state index is -1.20. The molecule has 0 fully saturated rings. The Morgan fingerprint density at radius 2 is 2.00 bits per heavy atom. The number of esters is 1. The van der Waals surface area contributed by atoms with Crippen LogP contribution in [0.15, 0.2) is 24.3 Å². The molecule has 1 unspecified atom stereocenters. The van der Waals surface area contributed by atoms with Crippen LogP contribution in [0.25, 0.3) is 0 Å². The van der Waals surface area contributed by atoms with Gasteiger partial charge in [-0.25, -0.2) is 4.79 Å². The van der Waals surface area contributed by atoms with Crippen molar-refractivity contribution in [2.45, 2.75) is 25.3 Å². The quantitative estimate of drug-likeness (QED) is 0.622. The van der Waals surface area contributed by atoms with Crippen molar-refractivity contribution in [3.05, 3.63) is 33.4 Å². The Labute approximate surface area is 131 Å². The Morgan fingerprint density at radius 1 is 1.40 bits per heavy atom. The minimum Gasteiger partial charge on any atom is -0.467 e. The molecule has 6 heteroatoms. The standard InChI is InChI=1S/C14H15IN2O3/c1-14(8-3-9-16,13(19)20-2)17-12(18)10-4-6-11(15)7-5-10/h4-7H,3,8H2,1-2H3,(H,17,18). The summed E-state index contributed by atoms with van der Waals surface area (Å²) in [5.74, 6) is -0.932. The first-order valence-electron chi connectivity index (χ1n) is 5.96. The van der Waals surface area contributed by atoms with Crippen LogP contribution in [0.4, 0.5) is 0 Å². The van der Waals surface area contributed by atoms with Crippen LogP contribution in [0, 0.1) is 14.9 Å². The molecule has 1 atom stereocenters. The number of nitriles is 1. The van der Waals surface area contributed by atoms with E-state index in [1.807, 2.05) is 6.07 Å². The summed E-state index contributed by atoms with van der Waals surface area (Å²) < 4.78 is 5.72. The molecule has 0 saturated heterocycles. The van der Waals surface area contributed by atoms with E-state index in [1.165, 1.54) is 7.11 Å². The molecule has 0 aromatic heterocycles. The van der Waals surface area contributed by atoms with Crippen molar-refractivity contribution in [1.82, 2.24) is 5.32 Å². The van der Waals surface area contributed by atoms with Crippen LogP contribution < -0.4 is 5.32 Å². The fourth-order valence-electron chi connectivity index (χ4n) is 1.67. The van der Waals surface area contributed by atoms with Gasteiger partial charge in [0.05, 0.1) is 13.2 Å². The van der Waals surface area contributed by atoms with Crippen molar-refractivity contribution in [3.63, 3.8) is 0 Å². The van der Waals surface area contributed by atoms with Gasteiger partial charge in [0.2, 0.25) is 0 Å². The molecular weight excluding hydrogens is 371 g/mol. The van der Waals surface area contributed by atoms with E-state index in [4.69, 9.17) is 10.00 Å². The van der Waals surface area contributed by atoms with Crippen molar-refractivity contribution in [3.8, 4) is 6.07 Å². The lowest BCUT2D eigenvalue weighted by Gasteiger charge is -2.27. The summed E-state index contributed by atoms with van der Waals surface area (Å²) in [5.41, 5.74) is -0.748. The first-order valence-corrected chi connectivity index (χ1v) is 7.04. The molecular formula is C14H15IN2O3. The van der Waals surface area contributed by atoms with Gasteiger partial charge in [-0.05, 0) is 60.2 Å². The number of nitrogens with zero attached hydrogens (tertiary/aromatic N) is 1. The topological polar surface area (TPSA) is 79.2 Å². The van der Waals surface area contributed by atoms with Crippen molar-refractivity contribution >= 4 is 34.5 Å². The molecule has 0 saturated carbocycles. The van der Waals surface area contributed by atoms with E-state index in [-0.39, 0.29) is 18.7 Å². The number of benzene rings is 1. The van der Waals surface area contributed by atoms with Gasteiger partial charge in [-0.1, -0.05) is 0 Å². The molecule has 0 aliphatic rings. The third-order valence-corrected chi connectivity index (χ3v) is 3.59. The van der Waals surface area contributed by atoms with Crippen LogP contribution in [0.1, 0.15) is 30.1 Å². The van der Waals surface area contributed by atoms with Gasteiger partial charge in [-0.2, -0.15) is 5.26 Å². The smallest absolute Gasteiger partial charge is 0.331 e. The van der Waals surface area contributed by atoms with E-state index in [0.29, 0.717) is 5.56 Å². The number of methoxy groups -OCH3 is 1. The molecule has 1 N–H and O–H groups in total. The minimum absolute atomic E-state index is 0.151. The second kappa shape index (κ2) is 7.24. The maximum absolute atomic E-state index is 12.2. The van der Waals surface area contributed by atoms with Gasteiger partial charge in [0, 0.05) is 15.6 Å². The Balaban J connectivity index is 2.89. The van der Waals surface area contributed by atoms with Crippen molar-refractivity contribution < 1.29 is 14.3 Å². The number of nitrogens with one attached hydrogen (secondary N) is 1. The molecule has 106 valence electrons. The zero-order valence-corrected chi connectivity index (χ0v) is 13.4. The van der Waals surface area contributed by atoms with Crippen LogP contribution in [0.5, 0.6) is 0 Å². The van der Waals surface area contributed by atoms with Gasteiger partial charge in [0.15, 0.2) is 0 Å². The summed E-state index contributed by atoms with van der Waals surface area (Å²) in [6.45, 7) is 1.56. The highest BCUT2D eigenvalue weighted by atomic mass is 127. The van der Waals surface area contributed by atoms with Crippen LogP contribution in [-0.2, 0) is 9.53 Å². The van der Waals surface area contributed by atoms with E-state index >= 15 is 0 Å². The maximum Gasteiger partial charge on any atom is 0.331 e. The van der Waals surface area contributed by atoms with Crippen molar-refractivity contribution in [2.24, 2.45) is 0 Å². The number of carbonyl (C=O) groups excluding carboxylic acids is 2. The lowest BCUT2D eigenvalue weighted by Crippen LogP contribution is -2.52. The van der Waals surface area contributed by atoms with Gasteiger partial charge in [0.25, 0.3) is 5.91 Å². The van der Waals surface area contributed by atoms with E-state index < -0.39 is 11.5 Å². The summed E-state index contributed by atoms with van der Waals surface area (Å²) >= 11 is 2.14. The van der Waals surface area contributed by atoms with Crippen LogP contribution in [0.2, 0.25) is 0 Å². The Kier molecular flexibility index (Phi) is 5.95. The maximum atomic E-state index is 12.2. The number of amides is 1. The number of halogens is 1. The van der Waals surface area contributed by atoms with Crippen molar-refractivity contribution in [1.29, 1.82) is 5.26 Å². The number of ether oxygens (including phenoxy) is 1. The fraction of sp³-hybridized carbons (Fsp3) is 0.357. The van der Waals surface area contributed by atoms with Gasteiger partial charge in [-0.15, -0.1) is 0 Å². The summed E-state index contributed by atoms with van der Waals surface area (Å²) in [7, 11) is 1.25. The number of hydrogen-bond acceptors (Lipinski definition) is 4. The highest BCUT2D eigenvalue weighted by Gasteiger charge is 2.35. The zero-order chi connectivity index (χ0) is 15.2. The lowest BCUT2D eigenvalue weighted by molar-refractivity contribution is -0.147. The predicted octanol–water partition coefficient (Wildman–Crippen LogP) is 2.26. The fourth-order valence-corrected chi connectivity index (χ4v) is 2.03. The molecule has 1 rings (SSSR count). The molecule has 20 heavy (non-hydrogen) atoms. The number of carbonyl (C=O) groups is 2. The Bertz CT molecular complexity index is 536. The van der Waals surface area contributed by atoms with Crippen molar-refractivity contribution in [2.75, 3.05) is 7.11 Å². The van der Waals surface area contributed by atoms with Crippen LogP contribution in [0.3, 0.4) is 0 Å². The summed E-state index contributed by atoms with van der Waals surface area (Å²) in [4.78, 5) is 24.0. The average molecular weight is 386 g/mol.